The summed E-state index contributed by atoms with van der Waals surface area (Å²) in [5.41, 5.74) is 1.26. The molecule has 4 nitrogen and oxygen atoms in total. The summed E-state index contributed by atoms with van der Waals surface area (Å²) >= 11 is 0. The lowest BCUT2D eigenvalue weighted by Gasteiger charge is -2.29. The Bertz CT molecular complexity index is 402. The van der Waals surface area contributed by atoms with Gasteiger partial charge in [0.15, 0.2) is 0 Å². The normalized spacial score (nSPS) is 23.4. The monoisotopic (exact) mass is 249 g/mol. The van der Waals surface area contributed by atoms with Gasteiger partial charge in [0.25, 0.3) is 0 Å². The first-order chi connectivity index (χ1) is 8.74. The van der Waals surface area contributed by atoms with Crippen LogP contribution in [-0.2, 0) is 9.53 Å². The van der Waals surface area contributed by atoms with Crippen LogP contribution in [0.1, 0.15) is 24.3 Å². The van der Waals surface area contributed by atoms with Crippen LogP contribution in [0, 0.1) is 0 Å². The lowest BCUT2D eigenvalue weighted by molar-refractivity contribution is -0.143. The summed E-state index contributed by atoms with van der Waals surface area (Å²) in [6.45, 7) is 0.844. The molecule has 0 amide bonds. The van der Waals surface area contributed by atoms with Gasteiger partial charge in [-0.3, -0.25) is 4.79 Å². The Morgan fingerprint density at radius 3 is 2.61 bits per heavy atom. The molecule has 1 aromatic rings. The Hall–Kier alpha value is -1.55. The number of hydrogen-bond donors (Lipinski definition) is 1. The molecule has 2 rings (SSSR count). The average Bonchev–Trinajstić information content (AvgIpc) is 2.46. The smallest absolute Gasteiger partial charge is 0.322 e. The van der Waals surface area contributed by atoms with Crippen molar-refractivity contribution >= 4 is 5.97 Å². The molecule has 0 aliphatic carbocycles. The van der Waals surface area contributed by atoms with E-state index < -0.39 is 0 Å². The maximum absolute atomic E-state index is 11.5. The van der Waals surface area contributed by atoms with Crippen LogP contribution in [0.4, 0.5) is 0 Å². The van der Waals surface area contributed by atoms with E-state index in [0.29, 0.717) is 5.92 Å². The van der Waals surface area contributed by atoms with Crippen LogP contribution in [0.5, 0.6) is 5.75 Å². The maximum Gasteiger partial charge on any atom is 0.322 e. The van der Waals surface area contributed by atoms with Gasteiger partial charge in [0.1, 0.15) is 11.8 Å². The fourth-order valence-corrected chi connectivity index (χ4v) is 2.42. The van der Waals surface area contributed by atoms with Gasteiger partial charge in [-0.2, -0.15) is 0 Å². The topological polar surface area (TPSA) is 47.6 Å². The van der Waals surface area contributed by atoms with Crippen molar-refractivity contribution in [1.82, 2.24) is 5.32 Å². The SMILES string of the molecule is COC(=O)[C@@H]1C[C@H](c2ccc(OC)cc2)CCN1. The number of benzene rings is 1. The van der Waals surface area contributed by atoms with Gasteiger partial charge in [0, 0.05) is 0 Å². The molecule has 0 saturated carbocycles. The molecule has 1 aliphatic rings. The summed E-state index contributed by atoms with van der Waals surface area (Å²) in [5.74, 6) is 1.09. The molecule has 4 heteroatoms. The lowest BCUT2D eigenvalue weighted by atomic mass is 9.86. The molecule has 1 fully saturated rings. The van der Waals surface area contributed by atoms with E-state index in [1.807, 2.05) is 12.1 Å². The third-order valence-electron chi connectivity index (χ3n) is 3.48. The maximum atomic E-state index is 11.5. The van der Waals surface area contributed by atoms with Crippen molar-refractivity contribution in [2.75, 3.05) is 20.8 Å². The molecule has 0 unspecified atom stereocenters. The Kier molecular flexibility index (Phi) is 4.20. The highest BCUT2D eigenvalue weighted by Crippen LogP contribution is 2.29. The molecular weight excluding hydrogens is 230 g/mol. The number of hydrogen-bond acceptors (Lipinski definition) is 4. The largest absolute Gasteiger partial charge is 0.497 e. The van der Waals surface area contributed by atoms with E-state index in [0.717, 1.165) is 25.1 Å². The number of esters is 1. The number of piperidine rings is 1. The van der Waals surface area contributed by atoms with E-state index in [9.17, 15) is 4.79 Å². The minimum atomic E-state index is -0.184. The van der Waals surface area contributed by atoms with Crippen molar-refractivity contribution < 1.29 is 14.3 Å². The van der Waals surface area contributed by atoms with Crippen molar-refractivity contribution in [2.45, 2.75) is 24.8 Å². The second-order valence-electron chi connectivity index (χ2n) is 4.52. The van der Waals surface area contributed by atoms with Crippen LogP contribution in [-0.4, -0.2) is 32.8 Å². The summed E-state index contributed by atoms with van der Waals surface area (Å²) in [6, 6.07) is 7.89. The second kappa shape index (κ2) is 5.87. The predicted molar refractivity (Wildman–Crippen MR) is 68.8 cm³/mol. The zero-order chi connectivity index (χ0) is 13.0. The molecule has 1 aliphatic heterocycles. The number of carbonyl (C=O) groups excluding carboxylic acids is 1. The van der Waals surface area contributed by atoms with E-state index >= 15 is 0 Å². The molecule has 1 saturated heterocycles. The molecule has 1 N–H and O–H groups in total. The van der Waals surface area contributed by atoms with E-state index in [4.69, 9.17) is 9.47 Å². The van der Waals surface area contributed by atoms with Crippen molar-refractivity contribution in [3.63, 3.8) is 0 Å². The van der Waals surface area contributed by atoms with Crippen molar-refractivity contribution in [3.8, 4) is 5.75 Å². The van der Waals surface area contributed by atoms with Crippen molar-refractivity contribution in [3.05, 3.63) is 29.8 Å². The summed E-state index contributed by atoms with van der Waals surface area (Å²) in [6.07, 6.45) is 1.83. The highest BCUT2D eigenvalue weighted by atomic mass is 16.5. The average molecular weight is 249 g/mol. The minimum absolute atomic E-state index is 0.173. The van der Waals surface area contributed by atoms with Gasteiger partial charge < -0.3 is 14.8 Å². The van der Waals surface area contributed by atoms with Gasteiger partial charge in [-0.25, -0.2) is 0 Å². The van der Waals surface area contributed by atoms with Crippen molar-refractivity contribution in [1.29, 1.82) is 0 Å². The quantitative estimate of drug-likeness (QED) is 0.828. The molecule has 0 aromatic heterocycles. The van der Waals surface area contributed by atoms with Gasteiger partial charge in [0.2, 0.25) is 0 Å². The first-order valence-electron chi connectivity index (χ1n) is 6.19. The first-order valence-corrected chi connectivity index (χ1v) is 6.19. The molecule has 1 aromatic carbocycles. The van der Waals surface area contributed by atoms with E-state index in [-0.39, 0.29) is 12.0 Å². The molecule has 18 heavy (non-hydrogen) atoms. The van der Waals surface area contributed by atoms with Gasteiger partial charge >= 0.3 is 5.97 Å². The molecule has 98 valence electrons. The number of carbonyl (C=O) groups is 1. The van der Waals surface area contributed by atoms with Crippen LogP contribution in [0.15, 0.2) is 24.3 Å². The third-order valence-corrected chi connectivity index (χ3v) is 3.48. The van der Waals surface area contributed by atoms with Gasteiger partial charge in [-0.1, -0.05) is 12.1 Å². The van der Waals surface area contributed by atoms with E-state index in [1.165, 1.54) is 12.7 Å². The predicted octanol–water partition coefficient (Wildman–Crippen LogP) is 1.70. The summed E-state index contributed by atoms with van der Waals surface area (Å²) in [7, 11) is 3.09. The van der Waals surface area contributed by atoms with E-state index in [2.05, 4.69) is 17.4 Å². The number of rotatable bonds is 3. The van der Waals surface area contributed by atoms with Crippen LogP contribution < -0.4 is 10.1 Å². The van der Waals surface area contributed by atoms with Crippen LogP contribution in [0.3, 0.4) is 0 Å². The number of nitrogens with one attached hydrogen (secondary N) is 1. The zero-order valence-corrected chi connectivity index (χ0v) is 10.8. The van der Waals surface area contributed by atoms with Gasteiger partial charge in [-0.15, -0.1) is 0 Å². The Morgan fingerprint density at radius 1 is 1.28 bits per heavy atom. The van der Waals surface area contributed by atoms with Gasteiger partial charge in [-0.05, 0) is 43.0 Å². The van der Waals surface area contributed by atoms with Gasteiger partial charge in [0.05, 0.1) is 14.2 Å². The second-order valence-corrected chi connectivity index (χ2v) is 4.52. The Morgan fingerprint density at radius 2 is 2.00 bits per heavy atom. The fraction of sp³-hybridized carbons (Fsp3) is 0.500. The van der Waals surface area contributed by atoms with E-state index in [1.54, 1.807) is 7.11 Å². The lowest BCUT2D eigenvalue weighted by Crippen LogP contribution is -2.43. The molecule has 0 spiro atoms. The standard InChI is InChI=1S/C14H19NO3/c1-17-12-5-3-10(4-6-12)11-7-8-15-13(9-11)14(16)18-2/h3-6,11,13,15H,7-9H2,1-2H3/t11-,13+/m1/s1. The molecule has 1 heterocycles. The molecular formula is C14H19NO3. The highest BCUT2D eigenvalue weighted by molar-refractivity contribution is 5.75. The van der Waals surface area contributed by atoms with Crippen LogP contribution >= 0.6 is 0 Å². The zero-order valence-electron chi connectivity index (χ0n) is 10.8. The van der Waals surface area contributed by atoms with Crippen LogP contribution in [0.25, 0.3) is 0 Å². The molecule has 0 radical (unpaired) electrons. The molecule has 0 bridgehead atoms. The van der Waals surface area contributed by atoms with Crippen LogP contribution in [0.2, 0.25) is 0 Å². The minimum Gasteiger partial charge on any atom is -0.497 e. The number of methoxy groups -OCH3 is 2. The highest BCUT2D eigenvalue weighted by Gasteiger charge is 2.28. The van der Waals surface area contributed by atoms with Crippen molar-refractivity contribution in [2.24, 2.45) is 0 Å². The summed E-state index contributed by atoms with van der Waals surface area (Å²) in [5, 5.41) is 3.19. The number of ether oxygens (including phenoxy) is 2. The fourth-order valence-electron chi connectivity index (χ4n) is 2.42. The summed E-state index contributed by atoms with van der Waals surface area (Å²) < 4.78 is 9.94. The Balaban J connectivity index is 2.05. The third kappa shape index (κ3) is 2.82. The first kappa shape index (κ1) is 12.9. The Labute approximate surface area is 107 Å². The molecule has 2 atom stereocenters. The summed E-state index contributed by atoms with van der Waals surface area (Å²) in [4.78, 5) is 11.5.